The Bertz CT molecular complexity index is 1820. The molecule has 1 amide bonds. The third-order valence-corrected chi connectivity index (χ3v) is 7.91. The molecule has 0 bridgehead atoms. The summed E-state index contributed by atoms with van der Waals surface area (Å²) in [6.07, 6.45) is 1.86. The lowest BCUT2D eigenvalue weighted by Gasteiger charge is -2.25. The maximum Gasteiger partial charge on any atom is 0.320 e. The maximum atomic E-state index is 14.1. The average Bonchev–Trinajstić information content (AvgIpc) is 3.12. The van der Waals surface area contributed by atoms with E-state index in [0.29, 0.717) is 30.6 Å². The smallest absolute Gasteiger partial charge is 0.320 e. The Balaban J connectivity index is 1.45. The van der Waals surface area contributed by atoms with Gasteiger partial charge in [0, 0.05) is 22.8 Å². The lowest BCUT2D eigenvalue weighted by atomic mass is 9.82. The number of esters is 2. The minimum Gasteiger partial charge on any atom is -0.493 e. The number of anilines is 1. The first-order valence-electron chi connectivity index (χ1n) is 16.3. The van der Waals surface area contributed by atoms with Gasteiger partial charge in [0.25, 0.3) is 5.91 Å². The second-order valence-corrected chi connectivity index (χ2v) is 11.2. The number of para-hydroxylation sites is 1. The lowest BCUT2D eigenvalue weighted by molar-refractivity contribution is -0.162. The molecule has 0 aliphatic heterocycles. The van der Waals surface area contributed by atoms with Gasteiger partial charge < -0.3 is 24.3 Å². The van der Waals surface area contributed by atoms with Crippen molar-refractivity contribution in [2.24, 2.45) is 5.92 Å². The van der Waals surface area contributed by atoms with Crippen molar-refractivity contribution >= 4 is 35.1 Å². The van der Waals surface area contributed by atoms with Gasteiger partial charge >= 0.3 is 11.9 Å². The fourth-order valence-electron chi connectivity index (χ4n) is 5.57. The lowest BCUT2D eigenvalue weighted by Crippen LogP contribution is -2.28. The van der Waals surface area contributed by atoms with Gasteiger partial charge in [-0.1, -0.05) is 73.5 Å². The summed E-state index contributed by atoms with van der Waals surface area (Å²) in [5.41, 5.74) is 0.837. The molecular formula is C39H37NO9. The Morgan fingerprint density at radius 2 is 1.24 bits per heavy atom. The fourth-order valence-corrected chi connectivity index (χ4v) is 5.57. The quantitative estimate of drug-likeness (QED) is 0.0702. The number of ketones is 2. The third kappa shape index (κ3) is 8.03. The van der Waals surface area contributed by atoms with Gasteiger partial charge in [-0.05, 0) is 51.0 Å². The summed E-state index contributed by atoms with van der Waals surface area (Å²) in [4.78, 5) is 66.3. The van der Waals surface area contributed by atoms with Gasteiger partial charge in [0.15, 0.2) is 23.2 Å². The number of fused-ring (bicyclic) bond motifs is 2. The van der Waals surface area contributed by atoms with Crippen molar-refractivity contribution in [2.75, 3.05) is 25.1 Å². The topological polar surface area (TPSA) is 134 Å². The molecule has 252 valence electrons. The molecule has 5 rings (SSSR count). The Morgan fingerprint density at radius 3 is 1.86 bits per heavy atom. The van der Waals surface area contributed by atoms with Gasteiger partial charge in [-0.25, -0.2) is 0 Å². The van der Waals surface area contributed by atoms with E-state index in [0.717, 1.165) is 0 Å². The fraction of sp³-hybridized carbons (Fsp3) is 0.256. The molecule has 0 saturated heterocycles. The van der Waals surface area contributed by atoms with Crippen molar-refractivity contribution in [1.29, 1.82) is 0 Å². The SMILES string of the molecule is CCOC(=O)C(CCCCCOc1cc(Oc2ccccc2)c(NC(=O)c2ccccc2)c2c1C(=O)c1ccccc1C2=O)C(=O)OCC. The van der Waals surface area contributed by atoms with Crippen LogP contribution in [0.25, 0.3) is 0 Å². The van der Waals surface area contributed by atoms with E-state index in [9.17, 15) is 24.0 Å². The zero-order chi connectivity index (χ0) is 34.8. The van der Waals surface area contributed by atoms with E-state index in [1.165, 1.54) is 6.07 Å². The van der Waals surface area contributed by atoms with E-state index in [-0.39, 0.29) is 65.7 Å². The molecule has 0 saturated carbocycles. The highest BCUT2D eigenvalue weighted by Crippen LogP contribution is 2.45. The number of unbranched alkanes of at least 4 members (excludes halogenated alkanes) is 2. The molecule has 0 aromatic heterocycles. The molecule has 0 heterocycles. The van der Waals surface area contributed by atoms with Gasteiger partial charge in [0.1, 0.15) is 11.5 Å². The van der Waals surface area contributed by atoms with Gasteiger partial charge in [0.05, 0.1) is 36.6 Å². The van der Waals surface area contributed by atoms with Crippen LogP contribution < -0.4 is 14.8 Å². The molecule has 10 nitrogen and oxygen atoms in total. The number of ether oxygens (including phenoxy) is 4. The molecule has 1 aliphatic carbocycles. The van der Waals surface area contributed by atoms with Crippen LogP contribution in [0.3, 0.4) is 0 Å². The molecule has 1 aliphatic rings. The second-order valence-electron chi connectivity index (χ2n) is 11.2. The highest BCUT2D eigenvalue weighted by atomic mass is 16.6. The van der Waals surface area contributed by atoms with Crippen LogP contribution in [0.4, 0.5) is 5.69 Å². The van der Waals surface area contributed by atoms with Crippen molar-refractivity contribution in [3.05, 3.63) is 119 Å². The van der Waals surface area contributed by atoms with Crippen LogP contribution >= 0.6 is 0 Å². The second kappa shape index (κ2) is 16.4. The predicted octanol–water partition coefficient (Wildman–Crippen LogP) is 7.19. The first-order valence-corrected chi connectivity index (χ1v) is 16.3. The molecule has 0 radical (unpaired) electrons. The van der Waals surface area contributed by atoms with Gasteiger partial charge in [-0.2, -0.15) is 0 Å². The zero-order valence-electron chi connectivity index (χ0n) is 27.4. The summed E-state index contributed by atoms with van der Waals surface area (Å²) in [6.45, 7) is 3.81. The van der Waals surface area contributed by atoms with Crippen LogP contribution in [-0.2, 0) is 19.1 Å². The molecule has 49 heavy (non-hydrogen) atoms. The minimum absolute atomic E-state index is 0.0249. The average molecular weight is 664 g/mol. The Kier molecular flexibility index (Phi) is 11.5. The largest absolute Gasteiger partial charge is 0.493 e. The van der Waals surface area contributed by atoms with Crippen molar-refractivity contribution in [1.82, 2.24) is 0 Å². The zero-order valence-corrected chi connectivity index (χ0v) is 27.4. The number of rotatable bonds is 15. The predicted molar refractivity (Wildman–Crippen MR) is 181 cm³/mol. The number of nitrogens with one attached hydrogen (secondary N) is 1. The first kappa shape index (κ1) is 34.6. The normalized spacial score (nSPS) is 11.7. The number of hydrogen-bond acceptors (Lipinski definition) is 9. The number of hydrogen-bond donors (Lipinski definition) is 1. The molecule has 0 unspecified atom stereocenters. The highest BCUT2D eigenvalue weighted by molar-refractivity contribution is 6.32. The van der Waals surface area contributed by atoms with Crippen LogP contribution in [0.15, 0.2) is 91.0 Å². The van der Waals surface area contributed by atoms with Crippen molar-refractivity contribution in [2.45, 2.75) is 39.5 Å². The Labute approximate surface area is 284 Å². The van der Waals surface area contributed by atoms with E-state index in [4.69, 9.17) is 18.9 Å². The molecule has 1 N–H and O–H groups in total. The van der Waals surface area contributed by atoms with Crippen molar-refractivity contribution in [3.8, 4) is 17.2 Å². The number of benzene rings is 4. The molecule has 10 heteroatoms. The van der Waals surface area contributed by atoms with E-state index in [1.54, 1.807) is 92.7 Å². The molecule has 0 fully saturated rings. The number of carbonyl (C=O) groups is 5. The maximum absolute atomic E-state index is 14.1. The van der Waals surface area contributed by atoms with E-state index in [2.05, 4.69) is 5.32 Å². The van der Waals surface area contributed by atoms with Crippen molar-refractivity contribution < 1.29 is 42.9 Å². The van der Waals surface area contributed by atoms with Crippen LogP contribution in [0.1, 0.15) is 81.7 Å². The van der Waals surface area contributed by atoms with E-state index in [1.807, 2.05) is 6.07 Å². The molecular weight excluding hydrogens is 626 g/mol. The summed E-state index contributed by atoms with van der Waals surface area (Å²) >= 11 is 0. The van der Waals surface area contributed by atoms with Crippen LogP contribution in [0.2, 0.25) is 0 Å². The molecule has 0 spiro atoms. The van der Waals surface area contributed by atoms with Gasteiger partial charge in [-0.3, -0.25) is 24.0 Å². The standard InChI is InChI=1S/C39H37NO9/c1-3-46-38(44)29(39(45)47-4-2)22-12-7-15-23-48-30-24-31(49-26-18-10-6-11-19-26)34(40-37(43)25-16-8-5-9-17-25)33-32(30)35(41)27-20-13-14-21-28(27)36(33)42/h5-6,8-11,13-14,16-21,24,29H,3-4,7,12,15,22-23H2,1-2H3,(H,40,43). The highest BCUT2D eigenvalue weighted by Gasteiger charge is 2.37. The third-order valence-electron chi connectivity index (χ3n) is 7.91. The van der Waals surface area contributed by atoms with Gasteiger partial charge in [0.2, 0.25) is 0 Å². The Morgan fingerprint density at radius 1 is 0.673 bits per heavy atom. The first-order chi connectivity index (χ1) is 23.8. The monoisotopic (exact) mass is 663 g/mol. The summed E-state index contributed by atoms with van der Waals surface area (Å²) in [7, 11) is 0. The summed E-state index contributed by atoms with van der Waals surface area (Å²) < 4.78 is 22.5. The molecule has 0 atom stereocenters. The minimum atomic E-state index is -1.01. The van der Waals surface area contributed by atoms with Gasteiger partial charge in [-0.15, -0.1) is 0 Å². The number of amides is 1. The van der Waals surface area contributed by atoms with E-state index >= 15 is 0 Å². The summed E-state index contributed by atoms with van der Waals surface area (Å²) in [5.74, 6) is -2.91. The molecule has 4 aromatic carbocycles. The van der Waals surface area contributed by atoms with Crippen molar-refractivity contribution in [3.63, 3.8) is 0 Å². The molecule has 4 aromatic rings. The number of carbonyl (C=O) groups excluding carboxylic acids is 5. The summed E-state index contributed by atoms with van der Waals surface area (Å²) in [5, 5.41) is 2.85. The van der Waals surface area contributed by atoms with E-state index < -0.39 is 35.3 Å². The van der Waals surface area contributed by atoms with Crippen LogP contribution in [0.5, 0.6) is 17.2 Å². The van der Waals surface area contributed by atoms with Crippen LogP contribution in [0, 0.1) is 5.92 Å². The summed E-state index contributed by atoms with van der Waals surface area (Å²) in [6, 6.07) is 25.4. The Hall–Kier alpha value is -5.77. The van der Waals surface area contributed by atoms with Crippen LogP contribution in [-0.4, -0.2) is 49.2 Å².